The predicted octanol–water partition coefficient (Wildman–Crippen LogP) is 3.75. The average Bonchev–Trinajstić information content (AvgIpc) is 1.94. The zero-order chi connectivity index (χ0) is 10.2. The van der Waals surface area contributed by atoms with Crippen LogP contribution in [0.25, 0.3) is 0 Å². The maximum atomic E-state index is 12.6. The van der Waals surface area contributed by atoms with Crippen LogP contribution in [0.4, 0.5) is 22.0 Å². The molecule has 0 aromatic heterocycles. The van der Waals surface area contributed by atoms with E-state index in [2.05, 4.69) is 15.9 Å². The summed E-state index contributed by atoms with van der Waals surface area (Å²) in [6, 6.07) is 0.604. The maximum absolute atomic E-state index is 12.6. The third-order valence-corrected chi connectivity index (χ3v) is 2.10. The number of halogens is 6. The van der Waals surface area contributed by atoms with Gasteiger partial charge in [-0.25, -0.2) is 8.78 Å². The van der Waals surface area contributed by atoms with Crippen molar-refractivity contribution in [3.05, 3.63) is 33.8 Å². The van der Waals surface area contributed by atoms with Gasteiger partial charge < -0.3 is 0 Å². The van der Waals surface area contributed by atoms with Crippen molar-refractivity contribution >= 4 is 15.9 Å². The second-order valence-corrected chi connectivity index (χ2v) is 3.04. The van der Waals surface area contributed by atoms with E-state index in [1.807, 2.05) is 0 Å². The fraction of sp³-hybridized carbons (Fsp3) is 0.143. The van der Waals surface area contributed by atoms with E-state index in [-0.39, 0.29) is 6.07 Å². The minimum Gasteiger partial charge on any atom is -0.207 e. The van der Waals surface area contributed by atoms with E-state index in [0.29, 0.717) is 6.07 Å². The van der Waals surface area contributed by atoms with Crippen LogP contribution in [0, 0.1) is 11.6 Å². The summed E-state index contributed by atoms with van der Waals surface area (Å²) in [5, 5.41) is 0. The van der Waals surface area contributed by atoms with E-state index in [4.69, 9.17) is 0 Å². The van der Waals surface area contributed by atoms with E-state index in [0.717, 1.165) is 0 Å². The molecule has 72 valence electrons. The van der Waals surface area contributed by atoms with Gasteiger partial charge in [0.05, 0.1) is 10.0 Å². The van der Waals surface area contributed by atoms with E-state index in [1.165, 1.54) is 0 Å². The molecule has 0 fully saturated rings. The molecule has 0 atom stereocenters. The monoisotopic (exact) mass is 260 g/mol. The number of alkyl halides is 3. The molecular formula is C7H2BrF5. The summed E-state index contributed by atoms with van der Waals surface area (Å²) in [5.74, 6) is -2.53. The van der Waals surface area contributed by atoms with Gasteiger partial charge in [0.15, 0.2) is 0 Å². The number of hydrogen-bond donors (Lipinski definition) is 0. The molecule has 1 rings (SSSR count). The summed E-state index contributed by atoms with van der Waals surface area (Å²) in [6.07, 6.45) is -4.76. The quantitative estimate of drug-likeness (QED) is 0.493. The van der Waals surface area contributed by atoms with Crippen molar-refractivity contribution in [2.45, 2.75) is 6.18 Å². The Labute approximate surface area is 78.5 Å². The Morgan fingerprint density at radius 1 is 1.08 bits per heavy atom. The van der Waals surface area contributed by atoms with E-state index in [9.17, 15) is 22.0 Å². The van der Waals surface area contributed by atoms with Gasteiger partial charge in [0.1, 0.15) is 11.6 Å². The second-order valence-electron chi connectivity index (χ2n) is 2.25. The predicted molar refractivity (Wildman–Crippen MR) is 39.1 cm³/mol. The van der Waals surface area contributed by atoms with Gasteiger partial charge in [-0.15, -0.1) is 0 Å². The lowest BCUT2D eigenvalue weighted by molar-refractivity contribution is -0.138. The summed E-state index contributed by atoms with van der Waals surface area (Å²) >= 11 is 2.39. The van der Waals surface area contributed by atoms with Gasteiger partial charge >= 0.3 is 6.18 Å². The van der Waals surface area contributed by atoms with Gasteiger partial charge in [0.2, 0.25) is 0 Å². The van der Waals surface area contributed by atoms with E-state index >= 15 is 0 Å². The number of rotatable bonds is 0. The first kappa shape index (κ1) is 10.4. The molecule has 6 heteroatoms. The molecule has 0 unspecified atom stereocenters. The molecule has 0 aliphatic carbocycles. The standard InChI is InChI=1S/C7H2BrF5/c8-6-4(7(11,12)13)1-3(9)2-5(6)10/h1-2H. The zero-order valence-corrected chi connectivity index (χ0v) is 7.51. The molecule has 0 N–H and O–H groups in total. The zero-order valence-electron chi connectivity index (χ0n) is 5.92. The first-order chi connectivity index (χ1) is 5.82. The summed E-state index contributed by atoms with van der Waals surface area (Å²) in [5.41, 5.74) is -1.36. The fourth-order valence-electron chi connectivity index (χ4n) is 0.762. The highest BCUT2D eigenvalue weighted by atomic mass is 79.9. The third kappa shape index (κ3) is 2.18. The van der Waals surface area contributed by atoms with Crippen LogP contribution in [-0.4, -0.2) is 0 Å². The second kappa shape index (κ2) is 3.25. The van der Waals surface area contributed by atoms with Gasteiger partial charge in [-0.1, -0.05) is 0 Å². The highest BCUT2D eigenvalue weighted by molar-refractivity contribution is 9.10. The molecule has 0 spiro atoms. The maximum Gasteiger partial charge on any atom is 0.417 e. The highest BCUT2D eigenvalue weighted by Crippen LogP contribution is 2.36. The molecule has 0 aliphatic heterocycles. The topological polar surface area (TPSA) is 0 Å². The Morgan fingerprint density at radius 2 is 1.62 bits per heavy atom. The normalized spacial score (nSPS) is 11.8. The van der Waals surface area contributed by atoms with Gasteiger partial charge in [0.25, 0.3) is 0 Å². The van der Waals surface area contributed by atoms with Crippen molar-refractivity contribution in [2.24, 2.45) is 0 Å². The first-order valence-electron chi connectivity index (χ1n) is 3.04. The lowest BCUT2D eigenvalue weighted by Gasteiger charge is -2.09. The molecule has 0 aliphatic rings. The Bertz CT molecular complexity index is 330. The molecule has 1 aromatic carbocycles. The van der Waals surface area contributed by atoms with Crippen molar-refractivity contribution in [3.63, 3.8) is 0 Å². The molecule has 0 bridgehead atoms. The molecule has 0 nitrogen and oxygen atoms in total. The van der Waals surface area contributed by atoms with Crippen LogP contribution in [0.2, 0.25) is 0 Å². The van der Waals surface area contributed by atoms with Crippen LogP contribution in [0.1, 0.15) is 5.56 Å². The fourth-order valence-corrected chi connectivity index (χ4v) is 1.22. The largest absolute Gasteiger partial charge is 0.417 e. The van der Waals surface area contributed by atoms with Crippen LogP contribution < -0.4 is 0 Å². The van der Waals surface area contributed by atoms with Gasteiger partial charge in [-0.3, -0.25) is 0 Å². The molecule has 0 radical (unpaired) electrons. The Balaban J connectivity index is 3.37. The molecule has 1 aromatic rings. The van der Waals surface area contributed by atoms with Crippen molar-refractivity contribution in [1.82, 2.24) is 0 Å². The molecule has 0 amide bonds. The van der Waals surface area contributed by atoms with Crippen LogP contribution in [-0.2, 0) is 6.18 Å². The lowest BCUT2D eigenvalue weighted by Crippen LogP contribution is -2.07. The van der Waals surface area contributed by atoms with Gasteiger partial charge in [-0.2, -0.15) is 13.2 Å². The van der Waals surface area contributed by atoms with E-state index in [1.54, 1.807) is 0 Å². The Kier molecular flexibility index (Phi) is 2.61. The SMILES string of the molecule is Fc1cc(F)c(Br)c(C(F)(F)F)c1. The number of hydrogen-bond acceptors (Lipinski definition) is 0. The molecule has 0 heterocycles. The highest BCUT2D eigenvalue weighted by Gasteiger charge is 2.34. The molecule has 13 heavy (non-hydrogen) atoms. The Hall–Kier alpha value is -0.650. The molecule has 0 saturated carbocycles. The third-order valence-electron chi connectivity index (χ3n) is 1.30. The number of benzene rings is 1. The smallest absolute Gasteiger partial charge is 0.207 e. The minimum atomic E-state index is -4.76. The summed E-state index contributed by atoms with van der Waals surface area (Å²) in [4.78, 5) is 0. The van der Waals surface area contributed by atoms with Crippen molar-refractivity contribution in [3.8, 4) is 0 Å². The van der Waals surface area contributed by atoms with Gasteiger partial charge in [-0.05, 0) is 22.0 Å². The molecular weight excluding hydrogens is 259 g/mol. The average molecular weight is 261 g/mol. The van der Waals surface area contributed by atoms with Crippen LogP contribution in [0.5, 0.6) is 0 Å². The summed E-state index contributed by atoms with van der Waals surface area (Å²) in [6.45, 7) is 0. The minimum absolute atomic E-state index is 0.229. The summed E-state index contributed by atoms with van der Waals surface area (Å²) in [7, 11) is 0. The van der Waals surface area contributed by atoms with Crippen LogP contribution >= 0.6 is 15.9 Å². The lowest BCUT2D eigenvalue weighted by atomic mass is 10.2. The Morgan fingerprint density at radius 3 is 2.08 bits per heavy atom. The molecule has 0 saturated heterocycles. The van der Waals surface area contributed by atoms with E-state index < -0.39 is 27.8 Å². The first-order valence-corrected chi connectivity index (χ1v) is 3.83. The van der Waals surface area contributed by atoms with Crippen molar-refractivity contribution in [2.75, 3.05) is 0 Å². The van der Waals surface area contributed by atoms with Gasteiger partial charge in [0, 0.05) is 6.07 Å². The van der Waals surface area contributed by atoms with Crippen molar-refractivity contribution < 1.29 is 22.0 Å². The van der Waals surface area contributed by atoms with Crippen LogP contribution in [0.15, 0.2) is 16.6 Å². The summed E-state index contributed by atoms with van der Waals surface area (Å²) < 4.78 is 60.3. The van der Waals surface area contributed by atoms with Crippen molar-refractivity contribution in [1.29, 1.82) is 0 Å². The van der Waals surface area contributed by atoms with Crippen LogP contribution in [0.3, 0.4) is 0 Å².